The summed E-state index contributed by atoms with van der Waals surface area (Å²) in [5.41, 5.74) is 5.56. The number of hydrogen-bond donors (Lipinski definition) is 0. The first-order valence-electron chi connectivity index (χ1n) is 8.70. The summed E-state index contributed by atoms with van der Waals surface area (Å²) in [5.74, 6) is -0.399. The smallest absolute Gasteiger partial charge is 0.337 e. The number of benzene rings is 2. The molecule has 0 aromatic heterocycles. The van der Waals surface area contributed by atoms with Gasteiger partial charge in [-0.25, -0.2) is 4.79 Å². The standard InChI is InChI=1S/C22H24O3/c1-14-12-17-6-5-11-22(2,3)19(17)13-18(14)20(23)15-7-9-16(10-8-15)21(24)25-4/h7-10,12-13H,5-6,11H2,1-4H3. The molecule has 0 heterocycles. The molecule has 0 radical (unpaired) electrons. The van der Waals surface area contributed by atoms with Gasteiger partial charge in [-0.3, -0.25) is 4.79 Å². The maximum absolute atomic E-state index is 13.0. The fraction of sp³-hybridized carbons (Fsp3) is 0.364. The Labute approximate surface area is 149 Å². The van der Waals surface area contributed by atoms with E-state index < -0.39 is 5.97 Å². The summed E-state index contributed by atoms with van der Waals surface area (Å²) in [5, 5.41) is 0. The number of rotatable bonds is 3. The molecular formula is C22H24O3. The number of aryl methyl sites for hydroxylation is 2. The summed E-state index contributed by atoms with van der Waals surface area (Å²) in [4.78, 5) is 24.5. The highest BCUT2D eigenvalue weighted by Gasteiger charge is 2.29. The monoisotopic (exact) mass is 336 g/mol. The van der Waals surface area contributed by atoms with Crippen LogP contribution in [0.15, 0.2) is 36.4 Å². The van der Waals surface area contributed by atoms with E-state index in [-0.39, 0.29) is 11.2 Å². The van der Waals surface area contributed by atoms with Crippen molar-refractivity contribution in [3.8, 4) is 0 Å². The summed E-state index contributed by atoms with van der Waals surface area (Å²) >= 11 is 0. The van der Waals surface area contributed by atoms with Crippen LogP contribution in [0.4, 0.5) is 0 Å². The van der Waals surface area contributed by atoms with Gasteiger partial charge in [0.15, 0.2) is 5.78 Å². The lowest BCUT2D eigenvalue weighted by Crippen LogP contribution is -2.24. The Bertz CT molecular complexity index is 829. The number of carbonyl (C=O) groups is 2. The van der Waals surface area contributed by atoms with Crippen LogP contribution in [0.25, 0.3) is 0 Å². The maximum Gasteiger partial charge on any atom is 0.337 e. The average Bonchev–Trinajstić information content (AvgIpc) is 2.60. The van der Waals surface area contributed by atoms with Crippen molar-refractivity contribution >= 4 is 11.8 Å². The number of hydrogen-bond acceptors (Lipinski definition) is 3. The first-order valence-corrected chi connectivity index (χ1v) is 8.70. The first kappa shape index (κ1) is 17.4. The summed E-state index contributed by atoms with van der Waals surface area (Å²) < 4.78 is 4.70. The Morgan fingerprint density at radius 1 is 1.04 bits per heavy atom. The van der Waals surface area contributed by atoms with E-state index >= 15 is 0 Å². The molecule has 0 saturated carbocycles. The van der Waals surface area contributed by atoms with E-state index in [1.807, 2.05) is 6.92 Å². The van der Waals surface area contributed by atoms with Crippen LogP contribution >= 0.6 is 0 Å². The zero-order chi connectivity index (χ0) is 18.2. The van der Waals surface area contributed by atoms with Gasteiger partial charge in [-0.05, 0) is 66.5 Å². The number of carbonyl (C=O) groups excluding carboxylic acids is 2. The molecule has 25 heavy (non-hydrogen) atoms. The zero-order valence-electron chi connectivity index (χ0n) is 15.3. The van der Waals surface area contributed by atoms with Crippen LogP contribution < -0.4 is 0 Å². The van der Waals surface area contributed by atoms with Gasteiger partial charge in [0.25, 0.3) is 0 Å². The summed E-state index contributed by atoms with van der Waals surface area (Å²) in [7, 11) is 1.35. The van der Waals surface area contributed by atoms with Crippen LogP contribution in [-0.2, 0) is 16.6 Å². The molecule has 3 heteroatoms. The molecule has 2 aromatic carbocycles. The topological polar surface area (TPSA) is 43.4 Å². The van der Waals surface area contributed by atoms with Crippen LogP contribution in [0.3, 0.4) is 0 Å². The molecule has 0 spiro atoms. The number of methoxy groups -OCH3 is 1. The lowest BCUT2D eigenvalue weighted by atomic mass is 9.71. The second kappa shape index (κ2) is 6.47. The SMILES string of the molecule is COC(=O)c1ccc(C(=O)c2cc3c(cc2C)CCCC3(C)C)cc1. The number of fused-ring (bicyclic) bond motifs is 1. The Balaban J connectivity index is 1.99. The minimum atomic E-state index is -0.397. The van der Waals surface area contributed by atoms with Crippen molar-refractivity contribution in [1.29, 1.82) is 0 Å². The fourth-order valence-electron chi connectivity index (χ4n) is 3.74. The molecular weight excluding hydrogens is 312 g/mol. The van der Waals surface area contributed by atoms with Gasteiger partial charge >= 0.3 is 5.97 Å². The van der Waals surface area contributed by atoms with Crippen molar-refractivity contribution < 1.29 is 14.3 Å². The number of ether oxygens (including phenoxy) is 1. The molecule has 0 N–H and O–H groups in total. The van der Waals surface area contributed by atoms with Crippen LogP contribution in [0, 0.1) is 6.92 Å². The van der Waals surface area contributed by atoms with Crippen LogP contribution in [0.2, 0.25) is 0 Å². The zero-order valence-corrected chi connectivity index (χ0v) is 15.3. The first-order chi connectivity index (χ1) is 11.8. The van der Waals surface area contributed by atoms with E-state index in [2.05, 4.69) is 26.0 Å². The molecule has 0 bridgehead atoms. The third-order valence-electron chi connectivity index (χ3n) is 5.24. The largest absolute Gasteiger partial charge is 0.465 e. The molecule has 0 atom stereocenters. The minimum Gasteiger partial charge on any atom is -0.465 e. The van der Waals surface area contributed by atoms with Crippen LogP contribution in [-0.4, -0.2) is 18.9 Å². The lowest BCUT2D eigenvalue weighted by Gasteiger charge is -2.33. The highest BCUT2D eigenvalue weighted by molar-refractivity contribution is 6.10. The van der Waals surface area contributed by atoms with Gasteiger partial charge < -0.3 is 4.74 Å². The van der Waals surface area contributed by atoms with Gasteiger partial charge in [0, 0.05) is 11.1 Å². The van der Waals surface area contributed by atoms with Gasteiger partial charge in [0.05, 0.1) is 12.7 Å². The lowest BCUT2D eigenvalue weighted by molar-refractivity contribution is 0.0600. The summed E-state index contributed by atoms with van der Waals surface area (Å²) in [6.07, 6.45) is 3.42. The quantitative estimate of drug-likeness (QED) is 0.606. The van der Waals surface area contributed by atoms with Crippen LogP contribution in [0.1, 0.15) is 69.7 Å². The van der Waals surface area contributed by atoms with Crippen molar-refractivity contribution in [2.24, 2.45) is 0 Å². The Kier molecular flexibility index (Phi) is 4.51. The molecule has 3 rings (SSSR count). The summed E-state index contributed by atoms with van der Waals surface area (Å²) in [6.45, 7) is 6.50. The maximum atomic E-state index is 13.0. The van der Waals surface area contributed by atoms with Gasteiger partial charge in [-0.1, -0.05) is 32.0 Å². The predicted molar refractivity (Wildman–Crippen MR) is 98.4 cm³/mol. The molecule has 130 valence electrons. The second-order valence-corrected chi connectivity index (χ2v) is 7.46. The molecule has 2 aromatic rings. The van der Waals surface area contributed by atoms with Gasteiger partial charge in [0.2, 0.25) is 0 Å². The molecule has 0 unspecified atom stereocenters. The van der Waals surface area contributed by atoms with E-state index in [1.165, 1.54) is 24.7 Å². The van der Waals surface area contributed by atoms with Crippen molar-refractivity contribution in [2.45, 2.75) is 45.4 Å². The van der Waals surface area contributed by atoms with E-state index in [4.69, 9.17) is 4.74 Å². The van der Waals surface area contributed by atoms with Gasteiger partial charge in [-0.2, -0.15) is 0 Å². The number of esters is 1. The third kappa shape index (κ3) is 3.23. The Hall–Kier alpha value is -2.42. The van der Waals surface area contributed by atoms with E-state index in [9.17, 15) is 9.59 Å². The molecule has 1 aliphatic rings. The summed E-state index contributed by atoms with van der Waals surface area (Å²) in [6, 6.07) is 10.9. The third-order valence-corrected chi connectivity index (χ3v) is 5.24. The van der Waals surface area contributed by atoms with Crippen LogP contribution in [0.5, 0.6) is 0 Å². The molecule has 0 amide bonds. The van der Waals surface area contributed by atoms with Crippen molar-refractivity contribution in [2.75, 3.05) is 7.11 Å². The molecule has 1 aliphatic carbocycles. The van der Waals surface area contributed by atoms with Gasteiger partial charge in [-0.15, -0.1) is 0 Å². The Morgan fingerprint density at radius 3 is 2.32 bits per heavy atom. The normalized spacial score (nSPS) is 15.4. The molecule has 0 aliphatic heterocycles. The second-order valence-electron chi connectivity index (χ2n) is 7.46. The van der Waals surface area contributed by atoms with Crippen molar-refractivity contribution in [1.82, 2.24) is 0 Å². The predicted octanol–water partition coefficient (Wildman–Crippen LogP) is 4.63. The molecule has 0 fully saturated rings. The van der Waals surface area contributed by atoms with Gasteiger partial charge in [0.1, 0.15) is 0 Å². The van der Waals surface area contributed by atoms with E-state index in [0.29, 0.717) is 11.1 Å². The van der Waals surface area contributed by atoms with E-state index in [1.54, 1.807) is 24.3 Å². The molecule has 0 saturated heterocycles. The highest BCUT2D eigenvalue weighted by atomic mass is 16.5. The molecule has 3 nitrogen and oxygen atoms in total. The van der Waals surface area contributed by atoms with Crippen molar-refractivity contribution in [3.05, 3.63) is 69.8 Å². The number of ketones is 1. The Morgan fingerprint density at radius 2 is 1.68 bits per heavy atom. The van der Waals surface area contributed by atoms with E-state index in [0.717, 1.165) is 24.0 Å². The minimum absolute atomic E-state index is 0.00177. The highest BCUT2D eigenvalue weighted by Crippen LogP contribution is 2.38. The van der Waals surface area contributed by atoms with Crippen molar-refractivity contribution in [3.63, 3.8) is 0 Å². The fourth-order valence-corrected chi connectivity index (χ4v) is 3.74. The average molecular weight is 336 g/mol.